The monoisotopic (exact) mass is 307 g/mol. The van der Waals surface area contributed by atoms with Crippen molar-refractivity contribution in [3.63, 3.8) is 0 Å². The number of halogens is 3. The molecule has 0 saturated carbocycles. The highest BCUT2D eigenvalue weighted by atomic mass is 19.4. The van der Waals surface area contributed by atoms with Crippen LogP contribution in [0.4, 0.5) is 24.5 Å². The van der Waals surface area contributed by atoms with Gasteiger partial charge in [-0.05, 0) is 30.3 Å². The van der Waals surface area contributed by atoms with Crippen LogP contribution in [0.5, 0.6) is 0 Å². The molecule has 5 nitrogen and oxygen atoms in total. The van der Waals surface area contributed by atoms with Crippen LogP contribution in [-0.4, -0.2) is 5.84 Å². The summed E-state index contributed by atoms with van der Waals surface area (Å²) < 4.78 is 38.1. The van der Waals surface area contributed by atoms with Gasteiger partial charge in [0.25, 0.3) is 0 Å². The van der Waals surface area contributed by atoms with Crippen LogP contribution in [0, 0.1) is 5.41 Å². The number of nitrogens with one attached hydrogen (secondary N) is 2. The summed E-state index contributed by atoms with van der Waals surface area (Å²) in [5.41, 5.74) is 0.291. The number of nitrogens with two attached hydrogens (primary N) is 1. The van der Waals surface area contributed by atoms with Crippen LogP contribution in [0.25, 0.3) is 0 Å². The van der Waals surface area contributed by atoms with E-state index in [-0.39, 0.29) is 11.5 Å². The third-order valence-electron chi connectivity index (χ3n) is 2.81. The first-order valence-electron chi connectivity index (χ1n) is 6.15. The minimum atomic E-state index is -4.42. The van der Waals surface area contributed by atoms with E-state index in [0.29, 0.717) is 11.3 Å². The molecular formula is C14H12F3N5. The summed E-state index contributed by atoms with van der Waals surface area (Å²) in [5, 5.41) is 17.0. The van der Waals surface area contributed by atoms with E-state index in [1.807, 2.05) is 0 Å². The number of para-hydroxylation sites is 1. The predicted molar refractivity (Wildman–Crippen MR) is 77.0 cm³/mol. The molecular weight excluding hydrogens is 295 g/mol. The van der Waals surface area contributed by atoms with Crippen molar-refractivity contribution in [1.82, 2.24) is 0 Å². The number of nitrogens with zero attached hydrogens (tertiary/aromatic N) is 2. The van der Waals surface area contributed by atoms with Gasteiger partial charge in [-0.2, -0.15) is 13.2 Å². The molecule has 0 spiro atoms. The summed E-state index contributed by atoms with van der Waals surface area (Å²) in [6, 6.07) is 11.4. The molecule has 0 bridgehead atoms. The summed E-state index contributed by atoms with van der Waals surface area (Å²) in [7, 11) is 0. The van der Waals surface area contributed by atoms with E-state index >= 15 is 0 Å². The Kier molecular flexibility index (Phi) is 4.40. The topological polar surface area (TPSA) is 86.6 Å². The van der Waals surface area contributed by atoms with Crippen molar-refractivity contribution in [2.75, 3.05) is 5.32 Å². The Hall–Kier alpha value is -2.90. The van der Waals surface area contributed by atoms with Crippen LogP contribution in [-0.2, 0) is 6.18 Å². The summed E-state index contributed by atoms with van der Waals surface area (Å²) in [6.07, 6.45) is -4.42. The summed E-state index contributed by atoms with van der Waals surface area (Å²) in [5.74, 6) is 4.71. The molecule has 0 amide bonds. The van der Waals surface area contributed by atoms with Crippen LogP contribution >= 0.6 is 0 Å². The highest BCUT2D eigenvalue weighted by Gasteiger charge is 2.30. The van der Waals surface area contributed by atoms with E-state index in [0.717, 1.165) is 12.1 Å². The molecule has 0 heterocycles. The molecule has 0 aliphatic heterocycles. The first-order chi connectivity index (χ1) is 10.4. The second-order valence-electron chi connectivity index (χ2n) is 4.31. The van der Waals surface area contributed by atoms with Crippen LogP contribution in [0.1, 0.15) is 11.1 Å². The number of hydrogen-bond acceptors (Lipinski definition) is 3. The number of rotatable bonds is 3. The summed E-state index contributed by atoms with van der Waals surface area (Å²) in [4.78, 5) is 0. The smallest absolute Gasteiger partial charge is 0.355 e. The number of benzene rings is 2. The lowest BCUT2D eigenvalue weighted by atomic mass is 10.1. The highest BCUT2D eigenvalue weighted by molar-refractivity contribution is 6.02. The predicted octanol–water partition coefficient (Wildman–Crippen LogP) is 4.10. The summed E-state index contributed by atoms with van der Waals surface area (Å²) in [6.45, 7) is 0. The highest BCUT2D eigenvalue weighted by Crippen LogP contribution is 2.31. The molecule has 0 atom stereocenters. The maximum absolute atomic E-state index is 12.7. The molecule has 0 aliphatic carbocycles. The Bertz CT molecular complexity index is 710. The number of alkyl halides is 3. The third-order valence-corrected chi connectivity index (χ3v) is 2.81. The van der Waals surface area contributed by atoms with Crippen molar-refractivity contribution in [1.29, 1.82) is 5.41 Å². The van der Waals surface area contributed by atoms with Gasteiger partial charge in [-0.1, -0.05) is 23.4 Å². The number of anilines is 2. The van der Waals surface area contributed by atoms with Crippen molar-refractivity contribution in [3.05, 3.63) is 59.7 Å². The van der Waals surface area contributed by atoms with Gasteiger partial charge >= 0.3 is 6.18 Å². The lowest BCUT2D eigenvalue weighted by Gasteiger charge is -2.13. The zero-order valence-electron chi connectivity index (χ0n) is 11.2. The second-order valence-corrected chi connectivity index (χ2v) is 4.31. The lowest BCUT2D eigenvalue weighted by molar-refractivity contribution is -0.137. The van der Waals surface area contributed by atoms with Gasteiger partial charge in [0.1, 0.15) is 0 Å². The molecule has 0 saturated heterocycles. The van der Waals surface area contributed by atoms with E-state index in [2.05, 4.69) is 15.7 Å². The van der Waals surface area contributed by atoms with Crippen LogP contribution in [0.2, 0.25) is 0 Å². The molecule has 22 heavy (non-hydrogen) atoms. The molecule has 114 valence electrons. The fourth-order valence-corrected chi connectivity index (χ4v) is 1.84. The zero-order valence-corrected chi connectivity index (χ0v) is 11.2. The van der Waals surface area contributed by atoms with Gasteiger partial charge in [0, 0.05) is 16.9 Å². The SMILES string of the molecule is N=C(N=NN)c1ccccc1Nc1cccc(C(F)(F)F)c1. The Morgan fingerprint density at radius 3 is 2.50 bits per heavy atom. The van der Waals surface area contributed by atoms with E-state index < -0.39 is 11.7 Å². The molecule has 2 rings (SSSR count). The van der Waals surface area contributed by atoms with Gasteiger partial charge in [-0.15, -0.1) is 5.11 Å². The second kappa shape index (κ2) is 6.25. The summed E-state index contributed by atoms with van der Waals surface area (Å²) >= 11 is 0. The fraction of sp³-hybridized carbons (Fsp3) is 0.0714. The molecule has 4 N–H and O–H groups in total. The number of hydrogen-bond donors (Lipinski definition) is 3. The van der Waals surface area contributed by atoms with Gasteiger partial charge in [-0.3, -0.25) is 5.41 Å². The van der Waals surface area contributed by atoms with E-state index in [1.54, 1.807) is 24.3 Å². The molecule has 0 unspecified atom stereocenters. The maximum atomic E-state index is 12.7. The molecule has 0 fully saturated rings. The van der Waals surface area contributed by atoms with Gasteiger partial charge in [0.05, 0.1) is 5.56 Å². The fourth-order valence-electron chi connectivity index (χ4n) is 1.84. The number of amidine groups is 1. The molecule has 0 aliphatic rings. The van der Waals surface area contributed by atoms with Gasteiger partial charge < -0.3 is 11.2 Å². The van der Waals surface area contributed by atoms with Crippen molar-refractivity contribution in [2.45, 2.75) is 6.18 Å². The Labute approximate surface area is 124 Å². The Balaban J connectivity index is 2.34. The van der Waals surface area contributed by atoms with Gasteiger partial charge in [-0.25, -0.2) is 0 Å². The van der Waals surface area contributed by atoms with Crippen molar-refractivity contribution >= 4 is 17.2 Å². The average molecular weight is 307 g/mol. The van der Waals surface area contributed by atoms with Crippen LogP contribution in [0.15, 0.2) is 58.9 Å². The van der Waals surface area contributed by atoms with E-state index in [1.165, 1.54) is 12.1 Å². The quantitative estimate of drug-likeness (QED) is 0.262. The van der Waals surface area contributed by atoms with Gasteiger partial charge in [0.15, 0.2) is 5.84 Å². The third kappa shape index (κ3) is 3.60. The maximum Gasteiger partial charge on any atom is 0.416 e. The average Bonchev–Trinajstić information content (AvgIpc) is 2.47. The molecule has 2 aromatic rings. The molecule has 0 aromatic heterocycles. The largest absolute Gasteiger partial charge is 0.416 e. The minimum absolute atomic E-state index is 0.197. The van der Waals surface area contributed by atoms with Crippen LogP contribution in [0.3, 0.4) is 0 Å². The minimum Gasteiger partial charge on any atom is -0.355 e. The van der Waals surface area contributed by atoms with Crippen molar-refractivity contribution < 1.29 is 13.2 Å². The Morgan fingerprint density at radius 1 is 1.09 bits per heavy atom. The first kappa shape index (κ1) is 15.5. The van der Waals surface area contributed by atoms with Crippen molar-refractivity contribution in [3.8, 4) is 0 Å². The van der Waals surface area contributed by atoms with E-state index in [4.69, 9.17) is 11.3 Å². The lowest BCUT2D eigenvalue weighted by Crippen LogP contribution is -2.06. The van der Waals surface area contributed by atoms with Crippen LogP contribution < -0.4 is 11.2 Å². The standard InChI is InChI=1S/C14H12F3N5/c15-14(16,17)9-4-3-5-10(8-9)20-12-7-2-1-6-11(12)13(18)21-22-19/h1-8,20H,(H3,18,19,21). The van der Waals surface area contributed by atoms with Crippen molar-refractivity contribution in [2.24, 2.45) is 16.2 Å². The first-order valence-corrected chi connectivity index (χ1v) is 6.15. The van der Waals surface area contributed by atoms with E-state index in [9.17, 15) is 13.2 Å². The molecule has 0 radical (unpaired) electrons. The Morgan fingerprint density at radius 2 is 1.82 bits per heavy atom. The molecule has 8 heteroatoms. The van der Waals surface area contributed by atoms with Gasteiger partial charge in [0.2, 0.25) is 0 Å². The normalized spacial score (nSPS) is 11.6. The zero-order chi connectivity index (χ0) is 16.2. The molecule has 2 aromatic carbocycles.